The maximum atomic E-state index is 7.07. The molecule has 1 aliphatic heterocycles. The fourth-order valence-electron chi connectivity index (χ4n) is 9.99. The molecule has 2 aromatic carbocycles. The molecule has 4 heteroatoms. The molecular formula is C41H60O2P2. The van der Waals surface area contributed by atoms with Gasteiger partial charge in [-0.1, -0.05) is 117 Å². The molecule has 0 aromatic heterocycles. The first-order chi connectivity index (χ1) is 22.2. The normalized spacial score (nSPS) is 26.3. The van der Waals surface area contributed by atoms with E-state index in [1.807, 2.05) is 0 Å². The van der Waals surface area contributed by atoms with E-state index in [-0.39, 0.29) is 28.1 Å². The number of benzene rings is 2. The number of hydrogen-bond donors (Lipinski definition) is 0. The first-order valence-corrected chi connectivity index (χ1v) is 22.3. The summed E-state index contributed by atoms with van der Waals surface area (Å²) in [5, 5.41) is 3.37. The van der Waals surface area contributed by atoms with Crippen molar-refractivity contribution in [3.8, 4) is 22.6 Å². The van der Waals surface area contributed by atoms with Crippen LogP contribution in [-0.4, -0.2) is 34.8 Å². The van der Waals surface area contributed by atoms with Gasteiger partial charge in [0, 0.05) is 17.5 Å². The van der Waals surface area contributed by atoms with Crippen LogP contribution in [0.15, 0.2) is 36.4 Å². The summed E-state index contributed by atoms with van der Waals surface area (Å²) in [6, 6.07) is 14.6. The van der Waals surface area contributed by atoms with Crippen molar-refractivity contribution in [1.82, 2.24) is 0 Å². The Hall–Kier alpha value is -1.10. The molecule has 4 saturated carbocycles. The number of ether oxygens (including phenoxy) is 2. The van der Waals surface area contributed by atoms with Crippen molar-refractivity contribution in [2.45, 2.75) is 184 Å². The fourth-order valence-corrected chi connectivity index (χ4v) is 17.9. The van der Waals surface area contributed by atoms with Crippen molar-refractivity contribution in [2.75, 3.05) is 0 Å². The summed E-state index contributed by atoms with van der Waals surface area (Å²) in [6.07, 6.45) is 29.8. The molecule has 0 radical (unpaired) electrons. The van der Waals surface area contributed by atoms with Crippen LogP contribution in [0.1, 0.15) is 149 Å². The summed E-state index contributed by atoms with van der Waals surface area (Å²) in [5.41, 5.74) is 6.41. The summed E-state index contributed by atoms with van der Waals surface area (Å²) >= 11 is 0. The van der Waals surface area contributed by atoms with E-state index in [1.165, 1.54) is 140 Å². The van der Waals surface area contributed by atoms with Gasteiger partial charge in [-0.2, -0.15) is 0 Å². The molecule has 45 heavy (non-hydrogen) atoms. The van der Waals surface area contributed by atoms with Gasteiger partial charge in [-0.3, -0.25) is 0 Å². The van der Waals surface area contributed by atoms with E-state index < -0.39 is 0 Å². The van der Waals surface area contributed by atoms with Gasteiger partial charge >= 0.3 is 0 Å². The zero-order valence-corrected chi connectivity index (χ0v) is 30.3. The lowest BCUT2D eigenvalue weighted by Gasteiger charge is -2.41. The third-order valence-electron chi connectivity index (χ3n) is 12.0. The van der Waals surface area contributed by atoms with E-state index in [2.05, 4.69) is 50.2 Å². The van der Waals surface area contributed by atoms with Gasteiger partial charge in [0.25, 0.3) is 0 Å². The summed E-state index contributed by atoms with van der Waals surface area (Å²) in [6.45, 7) is 4.55. The van der Waals surface area contributed by atoms with E-state index >= 15 is 0 Å². The Labute approximate surface area is 277 Å². The molecule has 4 fully saturated rings. The molecule has 246 valence electrons. The molecule has 0 N–H and O–H groups in total. The van der Waals surface area contributed by atoms with Gasteiger partial charge in [0.05, 0.1) is 12.2 Å². The summed E-state index contributed by atoms with van der Waals surface area (Å²) in [4.78, 5) is 0. The Morgan fingerprint density at radius 2 is 0.756 bits per heavy atom. The van der Waals surface area contributed by atoms with Crippen LogP contribution in [-0.2, 0) is 0 Å². The number of rotatable bonds is 6. The average molecular weight is 647 g/mol. The van der Waals surface area contributed by atoms with Gasteiger partial charge < -0.3 is 9.47 Å². The Balaban J connectivity index is 1.45. The Bertz CT molecular complexity index is 1100. The van der Waals surface area contributed by atoms with Crippen LogP contribution in [0.4, 0.5) is 0 Å². The van der Waals surface area contributed by atoms with Crippen LogP contribution in [0.25, 0.3) is 11.1 Å². The second-order valence-corrected chi connectivity index (χ2v) is 20.9. The zero-order valence-electron chi connectivity index (χ0n) is 28.5. The molecule has 0 amide bonds. The minimum atomic E-state index is -0.275. The molecule has 0 spiro atoms. The van der Waals surface area contributed by atoms with Crippen molar-refractivity contribution in [3.63, 3.8) is 0 Å². The Kier molecular flexibility index (Phi) is 11.1. The second kappa shape index (κ2) is 15.4. The van der Waals surface area contributed by atoms with Crippen molar-refractivity contribution in [2.24, 2.45) is 0 Å². The highest BCUT2D eigenvalue weighted by molar-refractivity contribution is 7.68. The summed E-state index contributed by atoms with van der Waals surface area (Å²) < 4.78 is 14.1. The molecule has 2 unspecified atom stereocenters. The van der Waals surface area contributed by atoms with Gasteiger partial charge in [0.2, 0.25) is 0 Å². The first kappa shape index (κ1) is 32.4. The Morgan fingerprint density at radius 1 is 0.444 bits per heavy atom. The molecule has 7 rings (SSSR count). The van der Waals surface area contributed by atoms with E-state index in [4.69, 9.17) is 9.47 Å². The quantitative estimate of drug-likeness (QED) is 0.291. The maximum Gasteiger partial charge on any atom is 0.128 e. The van der Waals surface area contributed by atoms with Gasteiger partial charge in [0.1, 0.15) is 11.5 Å². The lowest BCUT2D eigenvalue weighted by atomic mass is 9.99. The number of hydrogen-bond acceptors (Lipinski definition) is 2. The van der Waals surface area contributed by atoms with Gasteiger partial charge in [-0.15, -0.1) is 0 Å². The molecule has 2 atom stereocenters. The molecule has 1 heterocycles. The lowest BCUT2D eigenvalue weighted by molar-refractivity contribution is 0.134. The smallest absolute Gasteiger partial charge is 0.128 e. The van der Waals surface area contributed by atoms with E-state index in [0.717, 1.165) is 40.6 Å². The predicted octanol–water partition coefficient (Wildman–Crippen LogP) is 11.8. The fraction of sp³-hybridized carbons (Fsp3) is 0.707. The van der Waals surface area contributed by atoms with Crippen LogP contribution in [0, 0.1) is 0 Å². The zero-order chi connectivity index (χ0) is 30.6. The lowest BCUT2D eigenvalue weighted by Crippen LogP contribution is -2.30. The van der Waals surface area contributed by atoms with E-state index in [1.54, 1.807) is 10.6 Å². The standard InChI is InChI=1S/C41H60O2P2/c1-30-29-31(2)43-37-26-16-28-39(45(34-21-11-5-12-22-34)35-23-13-6-14-24-35)41(37)40-36(42-30)25-15-27-38(40)44(32-17-7-3-8-18-32)33-19-9-4-10-20-33/h15-16,25-28,30-35H,3-14,17-24,29H2,1-2H3. The van der Waals surface area contributed by atoms with Crippen molar-refractivity contribution < 1.29 is 9.47 Å². The first-order valence-electron chi connectivity index (χ1n) is 19.3. The minimum absolute atomic E-state index is 0.139. The van der Waals surface area contributed by atoms with Gasteiger partial charge in [0.15, 0.2) is 0 Å². The average Bonchev–Trinajstić information content (AvgIpc) is 3.13. The van der Waals surface area contributed by atoms with Gasteiger partial charge in [-0.25, -0.2) is 0 Å². The third kappa shape index (κ3) is 7.34. The Morgan fingerprint density at radius 3 is 1.07 bits per heavy atom. The number of fused-ring (bicyclic) bond motifs is 3. The summed E-state index contributed by atoms with van der Waals surface area (Å²) in [5.74, 6) is 2.32. The van der Waals surface area contributed by atoms with Crippen LogP contribution in [0.3, 0.4) is 0 Å². The van der Waals surface area contributed by atoms with Crippen LogP contribution >= 0.6 is 15.8 Å². The van der Waals surface area contributed by atoms with Gasteiger partial charge in [-0.05, 0) is 111 Å². The molecule has 2 nitrogen and oxygen atoms in total. The van der Waals surface area contributed by atoms with Crippen molar-refractivity contribution >= 4 is 26.5 Å². The topological polar surface area (TPSA) is 18.5 Å². The molecule has 2 aromatic rings. The SMILES string of the molecule is CC1CC(C)Oc2cccc(P(C3CCCCC3)C3CCCCC3)c2-c2c(cccc2P(C2CCCCC2)C2CCCCC2)O1. The van der Waals surface area contributed by atoms with Crippen molar-refractivity contribution in [3.05, 3.63) is 36.4 Å². The highest BCUT2D eigenvalue weighted by atomic mass is 31.1. The monoisotopic (exact) mass is 646 g/mol. The molecule has 0 bridgehead atoms. The van der Waals surface area contributed by atoms with E-state index in [9.17, 15) is 0 Å². The highest BCUT2D eigenvalue weighted by Gasteiger charge is 2.39. The third-order valence-corrected chi connectivity index (χ3v) is 19.1. The highest BCUT2D eigenvalue weighted by Crippen LogP contribution is 2.60. The molecule has 0 saturated heterocycles. The largest absolute Gasteiger partial charge is 0.490 e. The minimum Gasteiger partial charge on any atom is -0.490 e. The summed E-state index contributed by atoms with van der Waals surface area (Å²) in [7, 11) is -0.549. The van der Waals surface area contributed by atoms with E-state index in [0.29, 0.717) is 0 Å². The van der Waals surface area contributed by atoms with Crippen LogP contribution in [0.2, 0.25) is 0 Å². The van der Waals surface area contributed by atoms with Crippen molar-refractivity contribution in [1.29, 1.82) is 0 Å². The predicted molar refractivity (Wildman–Crippen MR) is 197 cm³/mol. The van der Waals surface area contributed by atoms with Crippen LogP contribution in [0.5, 0.6) is 11.5 Å². The van der Waals surface area contributed by atoms with Crippen LogP contribution < -0.4 is 20.1 Å². The molecular weight excluding hydrogens is 586 g/mol. The maximum absolute atomic E-state index is 7.07. The molecule has 4 aliphatic carbocycles. The molecule has 5 aliphatic rings. The second-order valence-electron chi connectivity index (χ2n) is 15.4.